The second-order valence-corrected chi connectivity index (χ2v) is 7.84. The van der Waals surface area contributed by atoms with E-state index in [0.29, 0.717) is 24.4 Å². The van der Waals surface area contributed by atoms with E-state index in [-0.39, 0.29) is 17.4 Å². The van der Waals surface area contributed by atoms with Crippen molar-refractivity contribution >= 4 is 11.6 Å². The molecule has 1 amide bonds. The number of carbonyl (C=O) groups excluding carboxylic acids is 1. The summed E-state index contributed by atoms with van der Waals surface area (Å²) in [4.78, 5) is 23.1. The average Bonchev–Trinajstić information content (AvgIpc) is 2.79. The number of aliphatic imine (C=N–C) groups is 1. The second-order valence-electron chi connectivity index (χ2n) is 7.84. The van der Waals surface area contributed by atoms with Gasteiger partial charge in [-0.1, -0.05) is 30.9 Å². The molecule has 1 aliphatic rings. The number of allylic oxidation sites excluding steroid dienone is 3. The molecule has 2 rings (SSSR count). The highest BCUT2D eigenvalue weighted by atomic mass is 16.5. The highest BCUT2D eigenvalue weighted by molar-refractivity contribution is 6.04. The molecule has 1 unspecified atom stereocenters. The zero-order valence-corrected chi connectivity index (χ0v) is 19.1. The highest BCUT2D eigenvalue weighted by Crippen LogP contribution is 2.26. The smallest absolute Gasteiger partial charge is 0.249 e. The number of hydrogen-bond acceptors (Lipinski definition) is 4. The summed E-state index contributed by atoms with van der Waals surface area (Å²) in [5.41, 5.74) is 2.97. The minimum Gasteiger partial charge on any atom is -0.483 e. The molecule has 1 atom stereocenters. The van der Waals surface area contributed by atoms with Crippen molar-refractivity contribution in [3.8, 4) is 5.75 Å². The molecule has 5 nitrogen and oxygen atoms in total. The van der Waals surface area contributed by atoms with Gasteiger partial charge in [-0.15, -0.1) is 13.2 Å². The van der Waals surface area contributed by atoms with Crippen molar-refractivity contribution < 1.29 is 9.53 Å². The first-order valence-corrected chi connectivity index (χ1v) is 10.5. The lowest BCUT2D eigenvalue weighted by Gasteiger charge is -2.28. The van der Waals surface area contributed by atoms with Gasteiger partial charge in [0.2, 0.25) is 5.91 Å². The maximum absolute atomic E-state index is 12.2. The first-order chi connectivity index (χ1) is 14.8. The van der Waals surface area contributed by atoms with Gasteiger partial charge in [-0.2, -0.15) is 0 Å². The van der Waals surface area contributed by atoms with Gasteiger partial charge in [-0.05, 0) is 51.8 Å². The second kappa shape index (κ2) is 10.7. The predicted octanol–water partition coefficient (Wildman–Crippen LogP) is 5.19. The SMILES string of the molecule is C=CC(C)(C=C)c1ccc(OC(C)C(=N/C=C\C)C2=CCN(C(=O)C(=C)C)CC2)cn1. The van der Waals surface area contributed by atoms with Crippen molar-refractivity contribution in [1.29, 1.82) is 0 Å². The summed E-state index contributed by atoms with van der Waals surface area (Å²) in [6, 6.07) is 3.83. The molecule has 1 aromatic rings. The van der Waals surface area contributed by atoms with Crippen LogP contribution in [0.4, 0.5) is 0 Å². The van der Waals surface area contributed by atoms with Gasteiger partial charge >= 0.3 is 0 Å². The van der Waals surface area contributed by atoms with Crippen LogP contribution in [0, 0.1) is 0 Å². The maximum atomic E-state index is 12.2. The lowest BCUT2D eigenvalue weighted by Crippen LogP contribution is -2.37. The van der Waals surface area contributed by atoms with E-state index in [1.54, 1.807) is 24.2 Å². The van der Waals surface area contributed by atoms with Gasteiger partial charge in [0.25, 0.3) is 0 Å². The third-order valence-corrected chi connectivity index (χ3v) is 5.39. The van der Waals surface area contributed by atoms with Crippen LogP contribution in [-0.4, -0.2) is 40.7 Å². The van der Waals surface area contributed by atoms with E-state index >= 15 is 0 Å². The van der Waals surface area contributed by atoms with Gasteiger partial charge in [-0.25, -0.2) is 0 Å². The molecule has 1 aliphatic heterocycles. The Hall–Kier alpha value is -3.21. The molecule has 0 spiro atoms. The number of pyridine rings is 1. The molecule has 2 heterocycles. The van der Waals surface area contributed by atoms with Crippen LogP contribution in [-0.2, 0) is 10.2 Å². The van der Waals surface area contributed by atoms with Crippen LogP contribution in [0.5, 0.6) is 5.75 Å². The highest BCUT2D eigenvalue weighted by Gasteiger charge is 2.24. The summed E-state index contributed by atoms with van der Waals surface area (Å²) in [6.45, 7) is 20.3. The van der Waals surface area contributed by atoms with Crippen LogP contribution in [0.2, 0.25) is 0 Å². The molecule has 0 aliphatic carbocycles. The van der Waals surface area contributed by atoms with Gasteiger partial charge in [0.1, 0.15) is 11.9 Å². The summed E-state index contributed by atoms with van der Waals surface area (Å²) in [5.74, 6) is 0.652. The van der Waals surface area contributed by atoms with E-state index in [1.165, 1.54) is 0 Å². The van der Waals surface area contributed by atoms with Gasteiger partial charge in [0.05, 0.1) is 17.6 Å². The van der Waals surface area contributed by atoms with Crippen LogP contribution < -0.4 is 4.74 Å². The van der Waals surface area contributed by atoms with Gasteiger partial charge in [-0.3, -0.25) is 14.8 Å². The zero-order valence-electron chi connectivity index (χ0n) is 19.1. The number of rotatable bonds is 9. The van der Waals surface area contributed by atoms with Crippen molar-refractivity contribution in [3.05, 3.63) is 85.4 Å². The van der Waals surface area contributed by atoms with Crippen LogP contribution in [0.25, 0.3) is 0 Å². The van der Waals surface area contributed by atoms with Gasteiger partial charge < -0.3 is 9.64 Å². The van der Waals surface area contributed by atoms with E-state index in [0.717, 1.165) is 23.4 Å². The van der Waals surface area contributed by atoms with Crippen molar-refractivity contribution in [3.63, 3.8) is 0 Å². The number of nitrogens with zero attached hydrogens (tertiary/aromatic N) is 3. The van der Waals surface area contributed by atoms with E-state index in [9.17, 15) is 4.79 Å². The Bertz CT molecular complexity index is 914. The Morgan fingerprint density at radius 1 is 1.35 bits per heavy atom. The molecular formula is C26H33N3O2. The lowest BCUT2D eigenvalue weighted by molar-refractivity contribution is -0.126. The number of amides is 1. The molecule has 0 saturated carbocycles. The fourth-order valence-corrected chi connectivity index (χ4v) is 3.28. The summed E-state index contributed by atoms with van der Waals surface area (Å²) in [5, 5.41) is 0. The largest absolute Gasteiger partial charge is 0.483 e. The molecule has 0 saturated heterocycles. The van der Waals surface area contributed by atoms with Crippen molar-refractivity contribution in [2.75, 3.05) is 13.1 Å². The third kappa shape index (κ3) is 5.91. The third-order valence-electron chi connectivity index (χ3n) is 5.39. The summed E-state index contributed by atoms with van der Waals surface area (Å²) < 4.78 is 6.16. The van der Waals surface area contributed by atoms with Crippen molar-refractivity contribution in [1.82, 2.24) is 9.88 Å². The molecule has 0 aromatic carbocycles. The van der Waals surface area contributed by atoms with Gasteiger partial charge in [0, 0.05) is 30.3 Å². The lowest BCUT2D eigenvalue weighted by atomic mass is 9.87. The molecule has 0 bridgehead atoms. The molecule has 31 heavy (non-hydrogen) atoms. The average molecular weight is 420 g/mol. The minimum atomic E-state index is -0.386. The Morgan fingerprint density at radius 3 is 2.55 bits per heavy atom. The fourth-order valence-electron chi connectivity index (χ4n) is 3.28. The van der Waals surface area contributed by atoms with Crippen LogP contribution >= 0.6 is 0 Å². The zero-order chi connectivity index (χ0) is 23.0. The van der Waals surface area contributed by atoms with Crippen LogP contribution in [0.1, 0.15) is 39.8 Å². The van der Waals surface area contributed by atoms with E-state index in [1.807, 2.05) is 57.2 Å². The topological polar surface area (TPSA) is 54.8 Å². The minimum absolute atomic E-state index is 0.0104. The summed E-state index contributed by atoms with van der Waals surface area (Å²) in [7, 11) is 0. The molecule has 1 aromatic heterocycles. The van der Waals surface area contributed by atoms with Crippen LogP contribution in [0.3, 0.4) is 0 Å². The summed E-state index contributed by atoms with van der Waals surface area (Å²) in [6.07, 6.45) is 11.5. The molecular weight excluding hydrogens is 386 g/mol. The number of hydrogen-bond donors (Lipinski definition) is 0. The summed E-state index contributed by atoms with van der Waals surface area (Å²) >= 11 is 0. The molecule has 5 heteroatoms. The molecule has 164 valence electrons. The van der Waals surface area contributed by atoms with Crippen molar-refractivity contribution in [2.24, 2.45) is 4.99 Å². The van der Waals surface area contributed by atoms with E-state index < -0.39 is 0 Å². The molecule has 0 N–H and O–H groups in total. The monoisotopic (exact) mass is 419 g/mol. The number of ether oxygens (including phenoxy) is 1. The first-order valence-electron chi connectivity index (χ1n) is 10.5. The number of carbonyl (C=O) groups is 1. The van der Waals surface area contributed by atoms with Crippen LogP contribution in [0.15, 0.2) is 84.7 Å². The maximum Gasteiger partial charge on any atom is 0.249 e. The van der Waals surface area contributed by atoms with Gasteiger partial charge in [0.15, 0.2) is 0 Å². The normalized spacial score (nSPS) is 15.9. The fraction of sp³-hybridized carbons (Fsp3) is 0.346. The first kappa shape index (κ1) is 24.1. The standard InChI is InChI=1S/C26H33N3O2/c1-8-15-27-24(21-13-16-29(17-14-21)25(30)19(4)5)20(6)31-22-11-12-23(28-18-22)26(7,9-2)10-3/h8-13,15,18,20H,2-4,14,16-17H2,1,5-7H3/b15-8-,27-24?. The van der Waals surface area contributed by atoms with E-state index in [2.05, 4.69) is 29.7 Å². The number of aromatic nitrogens is 1. The predicted molar refractivity (Wildman–Crippen MR) is 128 cm³/mol. The Balaban J connectivity index is 2.19. The Kier molecular flexibility index (Phi) is 8.31. The van der Waals surface area contributed by atoms with Crippen molar-refractivity contribution in [2.45, 2.75) is 45.6 Å². The molecule has 0 fully saturated rings. The van der Waals surface area contributed by atoms with E-state index in [4.69, 9.17) is 4.74 Å². The Morgan fingerprint density at radius 2 is 2.06 bits per heavy atom. The Labute approximate surface area is 186 Å². The quantitative estimate of drug-likeness (QED) is 0.314. The molecule has 0 radical (unpaired) electrons.